The molecule has 4 aromatic rings. The zero-order chi connectivity index (χ0) is 20.0. The van der Waals surface area contributed by atoms with Crippen LogP contribution >= 0.6 is 11.8 Å². The summed E-state index contributed by atoms with van der Waals surface area (Å²) >= 11 is 1.79. The van der Waals surface area contributed by atoms with Crippen LogP contribution in [0.1, 0.15) is 27.4 Å². The van der Waals surface area contributed by atoms with E-state index in [2.05, 4.69) is 5.32 Å². The maximum absolute atomic E-state index is 13.0. The molecule has 1 aliphatic rings. The van der Waals surface area contributed by atoms with Crippen molar-refractivity contribution < 1.29 is 13.9 Å². The fourth-order valence-electron chi connectivity index (χ4n) is 3.49. The van der Waals surface area contributed by atoms with Gasteiger partial charge in [0.2, 0.25) is 0 Å². The highest BCUT2D eigenvalue weighted by atomic mass is 32.2. The lowest BCUT2D eigenvalue weighted by molar-refractivity contribution is 0.0997. The molecule has 1 N–H and O–H groups in total. The van der Waals surface area contributed by atoms with Crippen molar-refractivity contribution in [2.45, 2.75) is 18.4 Å². The summed E-state index contributed by atoms with van der Waals surface area (Å²) in [5.41, 5.74) is 4.73. The van der Waals surface area contributed by atoms with Crippen molar-refractivity contribution in [2.75, 3.05) is 12.4 Å². The Hall–Kier alpha value is -3.19. The molecule has 5 rings (SSSR count). The number of hydrogen-bond acceptors (Lipinski definition) is 5. The highest BCUT2D eigenvalue weighted by molar-refractivity contribution is 7.98. The molecule has 7 heteroatoms. The summed E-state index contributed by atoms with van der Waals surface area (Å²) in [4.78, 5) is 13.0. The van der Waals surface area contributed by atoms with Crippen LogP contribution in [0.5, 0.6) is 5.75 Å². The van der Waals surface area contributed by atoms with Crippen LogP contribution in [0.15, 0.2) is 52.9 Å². The topological polar surface area (TPSA) is 69.3 Å². The van der Waals surface area contributed by atoms with Crippen LogP contribution in [-0.2, 0) is 11.5 Å². The molecule has 2 aromatic heterocycles. The number of methoxy groups -OCH3 is 1. The minimum atomic E-state index is -0.309. The number of furan rings is 1. The molecule has 0 unspecified atom stereocenters. The molecule has 1 aliphatic heterocycles. The molecule has 0 radical (unpaired) electrons. The van der Waals surface area contributed by atoms with Crippen molar-refractivity contribution in [3.8, 4) is 11.4 Å². The van der Waals surface area contributed by atoms with E-state index in [9.17, 15) is 4.79 Å². The van der Waals surface area contributed by atoms with E-state index in [1.807, 2.05) is 54.1 Å². The molecule has 6 nitrogen and oxygen atoms in total. The number of benzene rings is 2. The lowest BCUT2D eigenvalue weighted by Gasteiger charge is -2.10. The number of amides is 1. The number of nitrogens with one attached hydrogen (secondary N) is 1. The van der Waals surface area contributed by atoms with Crippen molar-refractivity contribution >= 4 is 34.5 Å². The van der Waals surface area contributed by atoms with Gasteiger partial charge in [0.05, 0.1) is 18.5 Å². The van der Waals surface area contributed by atoms with E-state index >= 15 is 0 Å². The second-order valence-corrected chi connectivity index (χ2v) is 7.94. The first kappa shape index (κ1) is 17.9. The van der Waals surface area contributed by atoms with Gasteiger partial charge < -0.3 is 14.5 Å². The quantitative estimate of drug-likeness (QED) is 0.521. The predicted octanol–water partition coefficient (Wildman–Crippen LogP) is 4.93. The van der Waals surface area contributed by atoms with Gasteiger partial charge in [-0.15, -0.1) is 0 Å². The van der Waals surface area contributed by atoms with Crippen LogP contribution < -0.4 is 10.1 Å². The standard InChI is InChI=1S/C22H19N3O3S/c1-13-6-8-15(9-7-13)25-21(16-11-29-12-17(16)24-25)23-22(26)19-10-14-4-3-5-18(27-2)20(14)28-19/h3-10H,11-12H2,1-2H3,(H,23,26). The van der Waals surface area contributed by atoms with E-state index in [0.29, 0.717) is 17.2 Å². The average molecular weight is 405 g/mol. The zero-order valence-corrected chi connectivity index (χ0v) is 16.9. The van der Waals surface area contributed by atoms with E-state index in [4.69, 9.17) is 14.3 Å². The number of carbonyl (C=O) groups is 1. The Balaban J connectivity index is 1.53. The molecule has 0 atom stereocenters. The molecule has 3 heterocycles. The van der Waals surface area contributed by atoms with Crippen molar-refractivity contribution in [2.24, 2.45) is 0 Å². The molecule has 1 amide bonds. The Bertz CT molecular complexity index is 1220. The van der Waals surface area contributed by atoms with Gasteiger partial charge >= 0.3 is 0 Å². The van der Waals surface area contributed by atoms with Gasteiger partial charge in [-0.05, 0) is 31.2 Å². The highest BCUT2D eigenvalue weighted by Gasteiger charge is 2.26. The fraction of sp³-hybridized carbons (Fsp3) is 0.182. The first-order valence-corrected chi connectivity index (χ1v) is 10.4. The van der Waals surface area contributed by atoms with Crippen LogP contribution in [-0.4, -0.2) is 22.8 Å². The van der Waals surface area contributed by atoms with E-state index in [-0.39, 0.29) is 11.7 Å². The maximum Gasteiger partial charge on any atom is 0.292 e. The largest absolute Gasteiger partial charge is 0.493 e. The Morgan fingerprint density at radius 3 is 2.83 bits per heavy atom. The summed E-state index contributed by atoms with van der Waals surface area (Å²) in [7, 11) is 1.58. The maximum atomic E-state index is 13.0. The number of hydrogen-bond donors (Lipinski definition) is 1. The van der Waals surface area contributed by atoms with E-state index in [1.165, 1.54) is 5.56 Å². The van der Waals surface area contributed by atoms with E-state index < -0.39 is 0 Å². The number of rotatable bonds is 4. The van der Waals surface area contributed by atoms with Crippen LogP contribution in [0.3, 0.4) is 0 Å². The summed E-state index contributed by atoms with van der Waals surface area (Å²) < 4.78 is 13.0. The molecule has 0 saturated heterocycles. The minimum absolute atomic E-state index is 0.237. The Morgan fingerprint density at radius 1 is 1.21 bits per heavy atom. The molecule has 2 aromatic carbocycles. The summed E-state index contributed by atoms with van der Waals surface area (Å²) in [6.07, 6.45) is 0. The number of aryl methyl sites for hydroxylation is 1. The smallest absolute Gasteiger partial charge is 0.292 e. The van der Waals surface area contributed by atoms with E-state index in [0.717, 1.165) is 33.8 Å². The summed E-state index contributed by atoms with van der Waals surface area (Å²) in [5, 5.41) is 8.59. The second kappa shape index (κ2) is 7.00. The Morgan fingerprint density at radius 2 is 2.03 bits per heavy atom. The number of para-hydroxylation sites is 1. The Labute approximate surface area is 171 Å². The molecule has 146 valence electrons. The first-order chi connectivity index (χ1) is 14.1. The van der Waals surface area contributed by atoms with E-state index in [1.54, 1.807) is 24.9 Å². The van der Waals surface area contributed by atoms with Crippen molar-refractivity contribution in [1.29, 1.82) is 0 Å². The van der Waals surface area contributed by atoms with Gasteiger partial charge in [0.1, 0.15) is 5.82 Å². The number of fused-ring (bicyclic) bond motifs is 2. The van der Waals surface area contributed by atoms with Crippen LogP contribution in [0.25, 0.3) is 16.7 Å². The summed E-state index contributed by atoms with van der Waals surface area (Å²) in [6, 6.07) is 15.4. The molecule has 0 bridgehead atoms. The first-order valence-electron chi connectivity index (χ1n) is 9.27. The third-order valence-corrected chi connectivity index (χ3v) is 5.98. The van der Waals surface area contributed by atoms with Crippen molar-refractivity contribution in [1.82, 2.24) is 9.78 Å². The van der Waals surface area contributed by atoms with Crippen LogP contribution in [0, 0.1) is 6.92 Å². The molecule has 0 fully saturated rings. The molecule has 0 aliphatic carbocycles. The number of ether oxygens (including phenoxy) is 1. The van der Waals surface area contributed by atoms with Gasteiger partial charge in [0.25, 0.3) is 5.91 Å². The average Bonchev–Trinajstić information content (AvgIpc) is 3.43. The lowest BCUT2D eigenvalue weighted by atomic mass is 10.2. The summed E-state index contributed by atoms with van der Waals surface area (Å²) in [6.45, 7) is 2.04. The summed E-state index contributed by atoms with van der Waals surface area (Å²) in [5.74, 6) is 2.90. The molecular formula is C22H19N3O3S. The van der Waals surface area contributed by atoms with Gasteiger partial charge in [-0.25, -0.2) is 4.68 Å². The molecule has 29 heavy (non-hydrogen) atoms. The van der Waals surface area contributed by atoms with Crippen LogP contribution in [0.2, 0.25) is 0 Å². The Kier molecular flexibility index (Phi) is 4.32. The third kappa shape index (κ3) is 3.07. The fourth-order valence-corrected chi connectivity index (χ4v) is 4.53. The molecule has 0 saturated carbocycles. The lowest BCUT2D eigenvalue weighted by Crippen LogP contribution is -2.15. The van der Waals surface area contributed by atoms with Gasteiger partial charge in [-0.1, -0.05) is 29.8 Å². The van der Waals surface area contributed by atoms with Gasteiger partial charge in [0, 0.05) is 22.5 Å². The van der Waals surface area contributed by atoms with Gasteiger partial charge in [-0.3, -0.25) is 4.79 Å². The SMILES string of the molecule is COc1cccc2cc(C(=O)Nc3c4c(nn3-c3ccc(C)cc3)CSC4)oc12. The monoisotopic (exact) mass is 405 g/mol. The predicted molar refractivity (Wildman–Crippen MR) is 114 cm³/mol. The molecule has 0 spiro atoms. The highest BCUT2D eigenvalue weighted by Crippen LogP contribution is 2.36. The van der Waals surface area contributed by atoms with Gasteiger partial charge in [-0.2, -0.15) is 16.9 Å². The van der Waals surface area contributed by atoms with Crippen LogP contribution in [0.4, 0.5) is 5.82 Å². The van der Waals surface area contributed by atoms with Crippen molar-refractivity contribution in [3.05, 3.63) is 71.1 Å². The second-order valence-electron chi connectivity index (χ2n) is 6.96. The number of aromatic nitrogens is 2. The number of nitrogens with zero attached hydrogens (tertiary/aromatic N) is 2. The minimum Gasteiger partial charge on any atom is -0.493 e. The number of anilines is 1. The van der Waals surface area contributed by atoms with Crippen molar-refractivity contribution in [3.63, 3.8) is 0 Å². The number of thioether (sulfide) groups is 1. The van der Waals surface area contributed by atoms with Gasteiger partial charge in [0.15, 0.2) is 17.1 Å². The normalized spacial score (nSPS) is 12.9. The molecular weight excluding hydrogens is 386 g/mol. The third-order valence-electron chi connectivity index (χ3n) is 5.01. The zero-order valence-electron chi connectivity index (χ0n) is 16.1. The number of carbonyl (C=O) groups excluding carboxylic acids is 1.